The molecule has 17 heavy (non-hydrogen) atoms. The molecule has 98 valence electrons. The average Bonchev–Trinajstić information content (AvgIpc) is 2.78. The fourth-order valence-electron chi connectivity index (χ4n) is 1.91. The second kappa shape index (κ2) is 6.47. The van der Waals surface area contributed by atoms with E-state index in [-0.39, 0.29) is 24.1 Å². The molecule has 0 spiro atoms. The predicted molar refractivity (Wildman–Crippen MR) is 64.6 cm³/mol. The van der Waals surface area contributed by atoms with Crippen LogP contribution in [0.25, 0.3) is 0 Å². The number of hydrogen-bond donors (Lipinski definition) is 1. The Balaban J connectivity index is 2.56. The molecule has 0 aromatic heterocycles. The van der Waals surface area contributed by atoms with Gasteiger partial charge in [-0.1, -0.05) is 6.92 Å². The molecule has 1 fully saturated rings. The van der Waals surface area contributed by atoms with Crippen LogP contribution in [0.2, 0.25) is 0 Å². The highest BCUT2D eigenvalue weighted by molar-refractivity contribution is 5.86. The number of likely N-dealkylation sites (tertiary alicyclic amines) is 1. The minimum Gasteiger partial charge on any atom is -0.450 e. The standard InChI is InChI=1S/C12H22N2O3/c1-4-9(3)13-11(15)10-7-6-8-14(10)12(16)17-5-2/h9-10H,4-8H2,1-3H3,(H,13,15). The van der Waals surface area contributed by atoms with Gasteiger partial charge in [-0.3, -0.25) is 9.69 Å². The van der Waals surface area contributed by atoms with Crippen molar-refractivity contribution < 1.29 is 14.3 Å². The molecule has 1 saturated heterocycles. The molecule has 1 heterocycles. The molecule has 1 aliphatic rings. The fourth-order valence-corrected chi connectivity index (χ4v) is 1.91. The molecule has 5 heteroatoms. The maximum absolute atomic E-state index is 12.0. The Morgan fingerprint density at radius 1 is 1.47 bits per heavy atom. The topological polar surface area (TPSA) is 58.6 Å². The third-order valence-corrected chi connectivity index (χ3v) is 3.06. The molecule has 0 aromatic rings. The number of carbonyl (C=O) groups excluding carboxylic acids is 2. The Kier molecular flexibility index (Phi) is 5.25. The second-order valence-electron chi connectivity index (χ2n) is 4.37. The zero-order valence-electron chi connectivity index (χ0n) is 10.9. The summed E-state index contributed by atoms with van der Waals surface area (Å²) in [7, 11) is 0. The minimum atomic E-state index is -0.380. The van der Waals surface area contributed by atoms with E-state index in [1.807, 2.05) is 13.8 Å². The minimum absolute atomic E-state index is 0.0649. The maximum atomic E-state index is 12.0. The summed E-state index contributed by atoms with van der Waals surface area (Å²) in [5.74, 6) is -0.0649. The van der Waals surface area contributed by atoms with Gasteiger partial charge >= 0.3 is 6.09 Å². The van der Waals surface area contributed by atoms with Crippen molar-refractivity contribution in [3.05, 3.63) is 0 Å². The molecule has 2 atom stereocenters. The predicted octanol–water partition coefficient (Wildman–Crippen LogP) is 1.52. The van der Waals surface area contributed by atoms with Crippen LogP contribution in [0.5, 0.6) is 0 Å². The van der Waals surface area contributed by atoms with E-state index in [9.17, 15) is 9.59 Å². The third-order valence-electron chi connectivity index (χ3n) is 3.06. The molecule has 1 aliphatic heterocycles. The van der Waals surface area contributed by atoms with Gasteiger partial charge in [-0.15, -0.1) is 0 Å². The summed E-state index contributed by atoms with van der Waals surface area (Å²) >= 11 is 0. The number of nitrogens with one attached hydrogen (secondary N) is 1. The molecule has 0 bridgehead atoms. The normalized spacial score (nSPS) is 21.1. The molecule has 0 radical (unpaired) electrons. The summed E-state index contributed by atoms with van der Waals surface area (Å²) in [5, 5.41) is 2.91. The summed E-state index contributed by atoms with van der Waals surface area (Å²) in [6.07, 6.45) is 2.09. The van der Waals surface area contributed by atoms with Crippen LogP contribution < -0.4 is 5.32 Å². The average molecular weight is 242 g/mol. The van der Waals surface area contributed by atoms with E-state index in [2.05, 4.69) is 5.32 Å². The van der Waals surface area contributed by atoms with Crippen molar-refractivity contribution in [1.29, 1.82) is 0 Å². The SMILES string of the molecule is CCOC(=O)N1CCCC1C(=O)NC(C)CC. The van der Waals surface area contributed by atoms with Crippen LogP contribution in [-0.4, -0.2) is 42.1 Å². The van der Waals surface area contributed by atoms with Crippen molar-refractivity contribution in [3.63, 3.8) is 0 Å². The van der Waals surface area contributed by atoms with E-state index in [4.69, 9.17) is 4.74 Å². The lowest BCUT2D eigenvalue weighted by atomic mass is 10.2. The van der Waals surface area contributed by atoms with Crippen molar-refractivity contribution in [2.45, 2.75) is 52.1 Å². The van der Waals surface area contributed by atoms with E-state index in [1.165, 1.54) is 4.90 Å². The van der Waals surface area contributed by atoms with Gasteiger partial charge in [0.05, 0.1) is 6.61 Å². The fraction of sp³-hybridized carbons (Fsp3) is 0.833. The number of hydrogen-bond acceptors (Lipinski definition) is 3. The van der Waals surface area contributed by atoms with Gasteiger partial charge in [0.1, 0.15) is 6.04 Å². The lowest BCUT2D eigenvalue weighted by molar-refractivity contribution is -0.125. The molecule has 1 rings (SSSR count). The van der Waals surface area contributed by atoms with Crippen molar-refractivity contribution in [1.82, 2.24) is 10.2 Å². The molecule has 1 N–H and O–H groups in total. The van der Waals surface area contributed by atoms with Crippen molar-refractivity contribution in [2.24, 2.45) is 0 Å². The van der Waals surface area contributed by atoms with E-state index in [0.717, 1.165) is 19.3 Å². The number of rotatable bonds is 4. The van der Waals surface area contributed by atoms with Crippen LogP contribution in [0.1, 0.15) is 40.0 Å². The first-order valence-corrected chi connectivity index (χ1v) is 6.33. The second-order valence-corrected chi connectivity index (χ2v) is 4.37. The lowest BCUT2D eigenvalue weighted by Gasteiger charge is -2.24. The largest absolute Gasteiger partial charge is 0.450 e. The van der Waals surface area contributed by atoms with Crippen molar-refractivity contribution >= 4 is 12.0 Å². The summed E-state index contributed by atoms with van der Waals surface area (Å²) in [4.78, 5) is 25.1. The van der Waals surface area contributed by atoms with Gasteiger partial charge in [0, 0.05) is 12.6 Å². The van der Waals surface area contributed by atoms with Gasteiger partial charge in [0.15, 0.2) is 0 Å². The zero-order chi connectivity index (χ0) is 12.8. The molecule has 2 unspecified atom stereocenters. The Hall–Kier alpha value is -1.26. The van der Waals surface area contributed by atoms with Gasteiger partial charge in [-0.05, 0) is 33.1 Å². The Labute approximate surface area is 102 Å². The van der Waals surface area contributed by atoms with Crippen LogP contribution in [-0.2, 0) is 9.53 Å². The Morgan fingerprint density at radius 2 is 2.18 bits per heavy atom. The molecule has 5 nitrogen and oxygen atoms in total. The van der Waals surface area contributed by atoms with Crippen LogP contribution in [0.4, 0.5) is 4.79 Å². The first kappa shape index (κ1) is 13.8. The summed E-state index contributed by atoms with van der Waals surface area (Å²) in [5.41, 5.74) is 0. The number of nitrogens with zero attached hydrogens (tertiary/aromatic N) is 1. The number of amides is 2. The van der Waals surface area contributed by atoms with E-state index in [1.54, 1.807) is 6.92 Å². The van der Waals surface area contributed by atoms with Crippen molar-refractivity contribution in [2.75, 3.05) is 13.2 Å². The van der Waals surface area contributed by atoms with Gasteiger partial charge in [-0.25, -0.2) is 4.79 Å². The van der Waals surface area contributed by atoms with E-state index in [0.29, 0.717) is 13.2 Å². The van der Waals surface area contributed by atoms with Crippen LogP contribution >= 0.6 is 0 Å². The Morgan fingerprint density at radius 3 is 2.76 bits per heavy atom. The third kappa shape index (κ3) is 3.61. The van der Waals surface area contributed by atoms with Gasteiger partial charge < -0.3 is 10.1 Å². The zero-order valence-corrected chi connectivity index (χ0v) is 10.9. The van der Waals surface area contributed by atoms with Gasteiger partial charge in [0.2, 0.25) is 5.91 Å². The highest BCUT2D eigenvalue weighted by Crippen LogP contribution is 2.18. The molecular formula is C12H22N2O3. The van der Waals surface area contributed by atoms with Gasteiger partial charge in [0.25, 0.3) is 0 Å². The number of ether oxygens (including phenoxy) is 1. The molecule has 2 amide bonds. The lowest BCUT2D eigenvalue weighted by Crippen LogP contribution is -2.48. The molecule has 0 aromatic carbocycles. The van der Waals surface area contributed by atoms with Crippen LogP contribution in [0.3, 0.4) is 0 Å². The van der Waals surface area contributed by atoms with E-state index < -0.39 is 0 Å². The van der Waals surface area contributed by atoms with Crippen LogP contribution in [0.15, 0.2) is 0 Å². The van der Waals surface area contributed by atoms with Crippen molar-refractivity contribution in [3.8, 4) is 0 Å². The molecule has 0 aliphatic carbocycles. The quantitative estimate of drug-likeness (QED) is 0.813. The summed E-state index contributed by atoms with van der Waals surface area (Å²) in [6, 6.07) is -0.213. The molecular weight excluding hydrogens is 220 g/mol. The molecule has 0 saturated carbocycles. The first-order valence-electron chi connectivity index (χ1n) is 6.33. The highest BCUT2D eigenvalue weighted by Gasteiger charge is 2.35. The maximum Gasteiger partial charge on any atom is 0.410 e. The highest BCUT2D eigenvalue weighted by atomic mass is 16.6. The smallest absolute Gasteiger partial charge is 0.410 e. The first-order chi connectivity index (χ1) is 8.10. The summed E-state index contributed by atoms with van der Waals surface area (Å²) < 4.78 is 4.94. The van der Waals surface area contributed by atoms with E-state index >= 15 is 0 Å². The van der Waals surface area contributed by atoms with Gasteiger partial charge in [-0.2, -0.15) is 0 Å². The number of carbonyl (C=O) groups is 2. The Bertz CT molecular complexity index is 281. The monoisotopic (exact) mass is 242 g/mol. The summed E-state index contributed by atoms with van der Waals surface area (Å²) in [6.45, 7) is 6.69. The van der Waals surface area contributed by atoms with Crippen LogP contribution in [0, 0.1) is 0 Å².